The minimum atomic E-state index is -1.36. The lowest BCUT2D eigenvalue weighted by Gasteiger charge is -2.14. The molecule has 0 bridgehead atoms. The van der Waals surface area contributed by atoms with E-state index in [1.807, 2.05) is 6.26 Å². The highest BCUT2D eigenvalue weighted by molar-refractivity contribution is 7.96. The molecule has 1 saturated heterocycles. The maximum Gasteiger partial charge on any atom is 0.320 e. The SMILES string of the molecule is C[S+](CC[C@H](N)C(=O)O)C[C@H]1O[C@@H](O)[C@H](O)[C@@H]1O. The average molecular weight is 282 g/mol. The molecule has 1 aliphatic rings. The van der Waals surface area contributed by atoms with Gasteiger partial charge in [-0.15, -0.1) is 0 Å². The van der Waals surface area contributed by atoms with Crippen molar-refractivity contribution in [2.24, 2.45) is 5.73 Å². The van der Waals surface area contributed by atoms with Gasteiger partial charge in [-0.05, 0) is 10.9 Å². The van der Waals surface area contributed by atoms with E-state index in [1.165, 1.54) is 0 Å². The summed E-state index contributed by atoms with van der Waals surface area (Å²) >= 11 is 0. The number of aliphatic hydroxyl groups is 3. The van der Waals surface area contributed by atoms with E-state index in [0.717, 1.165) is 0 Å². The third-order valence-electron chi connectivity index (χ3n) is 2.88. The molecule has 0 spiro atoms. The maximum absolute atomic E-state index is 10.5. The van der Waals surface area contributed by atoms with E-state index in [9.17, 15) is 20.1 Å². The number of carboxylic acid groups (broad SMARTS) is 1. The van der Waals surface area contributed by atoms with Gasteiger partial charge < -0.3 is 30.9 Å². The third-order valence-corrected chi connectivity index (χ3v) is 4.71. The second-order valence-electron chi connectivity index (χ2n) is 4.43. The predicted molar refractivity (Wildman–Crippen MR) is 66.1 cm³/mol. The van der Waals surface area contributed by atoms with Crippen molar-refractivity contribution < 1.29 is 30.0 Å². The number of hydrogen-bond donors (Lipinski definition) is 5. The van der Waals surface area contributed by atoms with Crippen molar-refractivity contribution in [2.45, 2.75) is 37.1 Å². The molecule has 8 heteroatoms. The van der Waals surface area contributed by atoms with Crippen LogP contribution >= 0.6 is 0 Å². The van der Waals surface area contributed by atoms with E-state index in [4.69, 9.17) is 15.6 Å². The summed E-state index contributed by atoms with van der Waals surface area (Å²) in [5.74, 6) is 0.0309. The molecule has 1 heterocycles. The molecule has 7 nitrogen and oxygen atoms in total. The molecule has 0 saturated carbocycles. The summed E-state index contributed by atoms with van der Waals surface area (Å²) < 4.78 is 5.03. The second kappa shape index (κ2) is 6.69. The Morgan fingerprint density at radius 3 is 2.44 bits per heavy atom. The fraction of sp³-hybridized carbons (Fsp3) is 0.900. The standard InChI is InChI=1S/C10H19NO6S/c1-18(3-2-5(11)9(14)15)4-6-7(12)8(13)10(16)17-6/h5-8,10,12-13,16H,2-4,11H2,1H3/p+1/t5-,6+,7+,8+,10+,18?/m0/s1. The number of nitrogens with two attached hydrogens (primary N) is 1. The van der Waals surface area contributed by atoms with Crippen LogP contribution in [0.5, 0.6) is 0 Å². The zero-order valence-electron chi connectivity index (χ0n) is 10.1. The first-order chi connectivity index (χ1) is 8.32. The first kappa shape index (κ1) is 15.7. The fourth-order valence-corrected chi connectivity index (χ4v) is 3.34. The number of ether oxygens (including phenoxy) is 1. The summed E-state index contributed by atoms with van der Waals surface area (Å²) in [6.07, 6.45) is -2.12. The molecular weight excluding hydrogens is 262 g/mol. The lowest BCUT2D eigenvalue weighted by molar-refractivity contribution is -0.138. The highest BCUT2D eigenvalue weighted by Gasteiger charge is 2.44. The van der Waals surface area contributed by atoms with Gasteiger partial charge in [0.25, 0.3) is 0 Å². The molecule has 0 radical (unpaired) electrons. The molecule has 0 aromatic rings. The molecule has 6 N–H and O–H groups in total. The second-order valence-corrected chi connectivity index (χ2v) is 6.74. The van der Waals surface area contributed by atoms with Crippen molar-refractivity contribution in [1.82, 2.24) is 0 Å². The Bertz CT molecular complexity index is 292. The normalized spacial score (nSPS) is 35.4. The Hall–Kier alpha value is -0.380. The van der Waals surface area contributed by atoms with E-state index in [0.29, 0.717) is 17.9 Å². The molecule has 18 heavy (non-hydrogen) atoms. The maximum atomic E-state index is 10.5. The first-order valence-corrected chi connectivity index (χ1v) is 7.57. The van der Waals surface area contributed by atoms with Gasteiger partial charge in [-0.1, -0.05) is 0 Å². The minimum Gasteiger partial charge on any atom is -0.480 e. The summed E-state index contributed by atoms with van der Waals surface area (Å²) in [7, 11) is -0.198. The Labute approximate surface area is 108 Å². The number of aliphatic carboxylic acids is 1. The molecule has 0 aromatic heterocycles. The van der Waals surface area contributed by atoms with Gasteiger partial charge in [0.15, 0.2) is 6.29 Å². The first-order valence-electron chi connectivity index (χ1n) is 5.60. The van der Waals surface area contributed by atoms with Crippen LogP contribution in [0, 0.1) is 0 Å². The fourth-order valence-electron chi connectivity index (χ4n) is 1.68. The van der Waals surface area contributed by atoms with Gasteiger partial charge in [0.1, 0.15) is 35.9 Å². The van der Waals surface area contributed by atoms with Crippen LogP contribution in [0.3, 0.4) is 0 Å². The zero-order chi connectivity index (χ0) is 13.9. The minimum absolute atomic E-state index is 0.198. The van der Waals surface area contributed by atoms with Crippen molar-refractivity contribution in [3.8, 4) is 0 Å². The van der Waals surface area contributed by atoms with Crippen molar-refractivity contribution in [2.75, 3.05) is 17.8 Å². The quantitative estimate of drug-likeness (QED) is 0.339. The number of rotatable bonds is 6. The van der Waals surface area contributed by atoms with Gasteiger partial charge in [-0.2, -0.15) is 0 Å². The molecule has 0 amide bonds. The lowest BCUT2D eigenvalue weighted by Crippen LogP contribution is -2.37. The number of carbonyl (C=O) groups is 1. The Balaban J connectivity index is 2.32. The molecule has 1 fully saturated rings. The van der Waals surface area contributed by atoms with E-state index < -0.39 is 36.6 Å². The van der Waals surface area contributed by atoms with E-state index >= 15 is 0 Å². The van der Waals surface area contributed by atoms with Gasteiger partial charge in [0.05, 0.1) is 6.26 Å². The van der Waals surface area contributed by atoms with Crippen molar-refractivity contribution >= 4 is 16.9 Å². The Kier molecular flexibility index (Phi) is 5.83. The highest BCUT2D eigenvalue weighted by Crippen LogP contribution is 2.21. The Morgan fingerprint density at radius 2 is 2.00 bits per heavy atom. The monoisotopic (exact) mass is 282 g/mol. The molecule has 1 unspecified atom stereocenters. The predicted octanol–water partition coefficient (Wildman–Crippen LogP) is -2.52. The van der Waals surface area contributed by atoms with Crippen LogP contribution in [0.1, 0.15) is 6.42 Å². The lowest BCUT2D eigenvalue weighted by atomic mass is 10.2. The summed E-state index contributed by atoms with van der Waals surface area (Å²) in [4.78, 5) is 10.5. The number of hydrogen-bond acceptors (Lipinski definition) is 6. The van der Waals surface area contributed by atoms with Crippen LogP contribution in [-0.2, 0) is 20.4 Å². The van der Waals surface area contributed by atoms with Gasteiger partial charge in [-0.3, -0.25) is 4.79 Å². The molecule has 6 atom stereocenters. The largest absolute Gasteiger partial charge is 0.480 e. The average Bonchev–Trinajstić information content (AvgIpc) is 2.54. The zero-order valence-corrected chi connectivity index (χ0v) is 10.9. The van der Waals surface area contributed by atoms with Crippen molar-refractivity contribution in [1.29, 1.82) is 0 Å². The number of aliphatic hydroxyl groups excluding tert-OH is 3. The summed E-state index contributed by atoms with van der Waals surface area (Å²) in [5, 5.41) is 36.8. The van der Waals surface area contributed by atoms with Gasteiger partial charge >= 0.3 is 5.97 Å². The van der Waals surface area contributed by atoms with Gasteiger partial charge in [0, 0.05) is 6.42 Å². The summed E-state index contributed by atoms with van der Waals surface area (Å²) in [6.45, 7) is 0. The molecule has 106 valence electrons. The van der Waals surface area contributed by atoms with Gasteiger partial charge in [-0.25, -0.2) is 0 Å². The van der Waals surface area contributed by atoms with Crippen LogP contribution in [0.2, 0.25) is 0 Å². The van der Waals surface area contributed by atoms with Crippen molar-refractivity contribution in [3.05, 3.63) is 0 Å². The molecule has 1 rings (SSSR count). The van der Waals surface area contributed by atoms with Crippen LogP contribution in [0.4, 0.5) is 0 Å². The van der Waals surface area contributed by atoms with Crippen LogP contribution in [0.15, 0.2) is 0 Å². The Morgan fingerprint density at radius 1 is 1.39 bits per heavy atom. The van der Waals surface area contributed by atoms with E-state index in [1.54, 1.807) is 0 Å². The number of carboxylic acids is 1. The third kappa shape index (κ3) is 4.08. The van der Waals surface area contributed by atoms with Crippen LogP contribution in [-0.4, -0.2) is 74.8 Å². The molecule has 0 aliphatic carbocycles. The van der Waals surface area contributed by atoms with E-state index in [-0.39, 0.29) is 10.9 Å². The molecule has 1 aliphatic heterocycles. The van der Waals surface area contributed by atoms with Crippen molar-refractivity contribution in [3.63, 3.8) is 0 Å². The highest BCUT2D eigenvalue weighted by atomic mass is 32.2. The van der Waals surface area contributed by atoms with Crippen LogP contribution < -0.4 is 5.73 Å². The molecular formula is C10H20NO6S+. The van der Waals surface area contributed by atoms with Crippen LogP contribution in [0.25, 0.3) is 0 Å². The summed E-state index contributed by atoms with van der Waals surface area (Å²) in [6, 6.07) is -0.884. The summed E-state index contributed by atoms with van der Waals surface area (Å²) in [5.41, 5.74) is 5.39. The molecule has 0 aromatic carbocycles. The van der Waals surface area contributed by atoms with Gasteiger partial charge in [0.2, 0.25) is 0 Å². The van der Waals surface area contributed by atoms with E-state index in [2.05, 4.69) is 0 Å². The smallest absolute Gasteiger partial charge is 0.320 e. The topological polar surface area (TPSA) is 133 Å².